The number of nitrogens with two attached hydrogens (primary N) is 3. The molecule has 1 amide bonds. The average molecular weight is 374 g/mol. The number of pyridine rings is 1. The minimum absolute atomic E-state index is 0.0369. The number of phenols is 1. The molecule has 3 rings (SSSR count). The minimum Gasteiger partial charge on any atom is -0.508 e. The van der Waals surface area contributed by atoms with Gasteiger partial charge in [0.25, 0.3) is 5.91 Å². The van der Waals surface area contributed by atoms with Gasteiger partial charge in [0, 0.05) is 24.4 Å². The maximum Gasteiger partial charge on any atom is 0.267 e. The molecule has 0 fully saturated rings. The Balaban J connectivity index is 0.000000244. The Morgan fingerprint density at radius 1 is 0.926 bits per heavy atom. The Labute approximate surface area is 153 Å². The lowest BCUT2D eigenvalue weighted by Crippen LogP contribution is -2.12. The largest absolute Gasteiger partial charge is 0.508 e. The number of carbonyl (C=O) groups is 1. The van der Waals surface area contributed by atoms with Gasteiger partial charge in [-0.2, -0.15) is 0 Å². The van der Waals surface area contributed by atoms with Gasteiger partial charge in [-0.15, -0.1) is 0 Å². The zero-order valence-corrected chi connectivity index (χ0v) is 13.9. The summed E-state index contributed by atoms with van der Waals surface area (Å²) in [4.78, 5) is 14.7. The zero-order chi connectivity index (χ0) is 20.0. The molecule has 0 spiro atoms. The number of phenolic OH excluding ortho intramolecular Hbond substituents is 1. The molecule has 1 heterocycles. The summed E-state index contributed by atoms with van der Waals surface area (Å²) in [7, 11) is 0. The number of carbonyl (C=O) groups excluding carboxylic acids is 1. The molecule has 1 aromatic heterocycles. The molecule has 0 aliphatic carbocycles. The van der Waals surface area contributed by atoms with Crippen molar-refractivity contribution in [2.75, 3.05) is 11.5 Å². The van der Waals surface area contributed by atoms with Gasteiger partial charge in [0.15, 0.2) is 0 Å². The van der Waals surface area contributed by atoms with Crippen molar-refractivity contribution in [3.8, 4) is 17.2 Å². The van der Waals surface area contributed by atoms with Crippen molar-refractivity contribution in [3.05, 3.63) is 72.1 Å². The highest BCUT2D eigenvalue weighted by molar-refractivity contribution is 5.91. The lowest BCUT2D eigenvalue weighted by Gasteiger charge is -2.07. The lowest BCUT2D eigenvalue weighted by molar-refractivity contribution is 0.0995. The molecule has 0 saturated carbocycles. The summed E-state index contributed by atoms with van der Waals surface area (Å²) >= 11 is 0. The molecule has 0 unspecified atom stereocenters. The number of nitrogens with zero attached hydrogens (tertiary/aromatic N) is 1. The fraction of sp³-hybridized carbons (Fsp3) is 0. The molecule has 7 nitrogen and oxygen atoms in total. The summed E-state index contributed by atoms with van der Waals surface area (Å²) in [5, 5.41) is 8.64. The standard InChI is InChI=1S/C12H10FN3O2.C6H6FNO/c13-9-5-7(1-2-10(9)14)18-8-3-4-16-11(6-8)12(15)17;7-5-3-4(9)1-2-6(5)8/h1-6H,14H2,(H2,15,17);1-3,9H,8H2. The fourth-order valence-corrected chi connectivity index (χ4v) is 1.83. The van der Waals surface area contributed by atoms with Crippen LogP contribution in [0.25, 0.3) is 0 Å². The summed E-state index contributed by atoms with van der Waals surface area (Å²) in [6.07, 6.45) is 1.38. The van der Waals surface area contributed by atoms with Crippen LogP contribution in [-0.4, -0.2) is 16.0 Å². The van der Waals surface area contributed by atoms with Crippen LogP contribution < -0.4 is 21.9 Å². The highest BCUT2D eigenvalue weighted by Crippen LogP contribution is 2.24. The van der Waals surface area contributed by atoms with E-state index in [1.807, 2.05) is 0 Å². The van der Waals surface area contributed by atoms with Gasteiger partial charge in [-0.05, 0) is 30.3 Å². The van der Waals surface area contributed by atoms with Crippen LogP contribution in [0.3, 0.4) is 0 Å². The predicted octanol–water partition coefficient (Wildman–Crippen LogP) is 2.81. The van der Waals surface area contributed by atoms with E-state index in [2.05, 4.69) is 4.98 Å². The molecule has 0 aliphatic heterocycles. The van der Waals surface area contributed by atoms with Crippen LogP contribution in [-0.2, 0) is 0 Å². The molecule has 27 heavy (non-hydrogen) atoms. The molecule has 0 atom stereocenters. The van der Waals surface area contributed by atoms with E-state index in [0.717, 1.165) is 12.1 Å². The lowest BCUT2D eigenvalue weighted by atomic mass is 10.3. The Bertz CT molecular complexity index is 967. The molecule has 0 aliphatic rings. The number of aromatic nitrogens is 1. The van der Waals surface area contributed by atoms with Gasteiger partial charge in [0.1, 0.15) is 34.6 Å². The number of primary amides is 1. The van der Waals surface area contributed by atoms with E-state index >= 15 is 0 Å². The number of hydrogen-bond acceptors (Lipinski definition) is 6. The van der Waals surface area contributed by atoms with Crippen molar-refractivity contribution >= 4 is 17.3 Å². The fourth-order valence-electron chi connectivity index (χ4n) is 1.83. The first-order valence-corrected chi connectivity index (χ1v) is 7.49. The van der Waals surface area contributed by atoms with E-state index in [4.69, 9.17) is 27.0 Å². The molecule has 2 aromatic carbocycles. The van der Waals surface area contributed by atoms with Crippen molar-refractivity contribution in [1.29, 1.82) is 0 Å². The number of nitrogen functional groups attached to an aromatic ring is 2. The van der Waals surface area contributed by atoms with Gasteiger partial charge >= 0.3 is 0 Å². The molecule has 140 valence electrons. The first-order chi connectivity index (χ1) is 12.8. The molecule has 9 heteroatoms. The number of anilines is 2. The highest BCUT2D eigenvalue weighted by atomic mass is 19.1. The SMILES string of the molecule is NC(=O)c1cc(Oc2ccc(N)c(F)c2)ccn1.Nc1ccc(O)cc1F. The van der Waals surface area contributed by atoms with Gasteiger partial charge < -0.3 is 27.0 Å². The topological polar surface area (TPSA) is 137 Å². The summed E-state index contributed by atoms with van der Waals surface area (Å²) in [5.41, 5.74) is 15.7. The monoisotopic (exact) mass is 374 g/mol. The Hall–Kier alpha value is -3.88. The number of aromatic hydroxyl groups is 1. The molecule has 0 radical (unpaired) electrons. The van der Waals surface area contributed by atoms with Gasteiger partial charge in [0.05, 0.1) is 11.4 Å². The Morgan fingerprint density at radius 2 is 1.52 bits per heavy atom. The number of ether oxygens (including phenoxy) is 1. The van der Waals surface area contributed by atoms with E-state index in [0.29, 0.717) is 5.75 Å². The third-order valence-corrected chi connectivity index (χ3v) is 3.18. The number of halogens is 2. The van der Waals surface area contributed by atoms with Gasteiger partial charge in [-0.3, -0.25) is 9.78 Å². The Morgan fingerprint density at radius 3 is 2.07 bits per heavy atom. The maximum absolute atomic E-state index is 13.2. The number of amides is 1. The van der Waals surface area contributed by atoms with Crippen molar-refractivity contribution in [2.45, 2.75) is 0 Å². The molecular weight excluding hydrogens is 358 g/mol. The van der Waals surface area contributed by atoms with Crippen molar-refractivity contribution in [2.24, 2.45) is 5.73 Å². The zero-order valence-electron chi connectivity index (χ0n) is 13.9. The van der Waals surface area contributed by atoms with Gasteiger partial charge in [-0.25, -0.2) is 8.78 Å². The summed E-state index contributed by atoms with van der Waals surface area (Å²) < 4.78 is 30.9. The summed E-state index contributed by atoms with van der Waals surface area (Å²) in [5.74, 6) is -1.33. The number of rotatable bonds is 3. The van der Waals surface area contributed by atoms with E-state index in [1.165, 1.54) is 42.6 Å². The third-order valence-electron chi connectivity index (χ3n) is 3.18. The first-order valence-electron chi connectivity index (χ1n) is 7.49. The quantitative estimate of drug-likeness (QED) is 0.411. The van der Waals surface area contributed by atoms with E-state index in [9.17, 15) is 13.6 Å². The molecule has 7 N–H and O–H groups in total. The van der Waals surface area contributed by atoms with Gasteiger partial charge in [0.2, 0.25) is 0 Å². The van der Waals surface area contributed by atoms with Crippen LogP contribution >= 0.6 is 0 Å². The number of hydrogen-bond donors (Lipinski definition) is 4. The average Bonchev–Trinajstić information content (AvgIpc) is 2.62. The van der Waals surface area contributed by atoms with Crippen molar-refractivity contribution < 1.29 is 23.4 Å². The smallest absolute Gasteiger partial charge is 0.267 e. The normalized spacial score (nSPS) is 9.85. The molecule has 0 saturated heterocycles. The maximum atomic E-state index is 13.2. The molecular formula is C18H16F2N4O3. The minimum atomic E-state index is -0.663. The van der Waals surface area contributed by atoms with E-state index in [1.54, 1.807) is 0 Å². The van der Waals surface area contributed by atoms with Crippen LogP contribution in [0.4, 0.5) is 20.2 Å². The van der Waals surface area contributed by atoms with Crippen molar-refractivity contribution in [3.63, 3.8) is 0 Å². The van der Waals surface area contributed by atoms with Crippen LogP contribution in [0.1, 0.15) is 10.5 Å². The van der Waals surface area contributed by atoms with Crippen LogP contribution in [0, 0.1) is 11.6 Å². The predicted molar refractivity (Wildman–Crippen MR) is 96.1 cm³/mol. The number of benzene rings is 2. The van der Waals surface area contributed by atoms with E-state index < -0.39 is 17.5 Å². The van der Waals surface area contributed by atoms with Gasteiger partial charge in [-0.1, -0.05) is 0 Å². The summed E-state index contributed by atoms with van der Waals surface area (Å²) in [6, 6.07) is 10.6. The summed E-state index contributed by atoms with van der Waals surface area (Å²) in [6.45, 7) is 0. The first kappa shape index (κ1) is 19.4. The van der Waals surface area contributed by atoms with E-state index in [-0.39, 0.29) is 28.6 Å². The Kier molecular flexibility index (Phi) is 6.10. The second-order valence-corrected chi connectivity index (χ2v) is 5.23. The van der Waals surface area contributed by atoms with Crippen LogP contribution in [0.5, 0.6) is 17.2 Å². The molecule has 0 bridgehead atoms. The highest BCUT2D eigenvalue weighted by Gasteiger charge is 2.06. The second kappa shape index (κ2) is 8.48. The van der Waals surface area contributed by atoms with Crippen LogP contribution in [0.15, 0.2) is 54.7 Å². The van der Waals surface area contributed by atoms with Crippen molar-refractivity contribution in [1.82, 2.24) is 4.98 Å². The van der Waals surface area contributed by atoms with Crippen LogP contribution in [0.2, 0.25) is 0 Å². The third kappa shape index (κ3) is 5.56. The second-order valence-electron chi connectivity index (χ2n) is 5.23. The molecule has 3 aromatic rings.